The average molecular weight is 635 g/mol. The van der Waals surface area contributed by atoms with Crippen LogP contribution >= 0.6 is 26.9 Å². The third-order valence-electron chi connectivity index (χ3n) is 6.02. The molecular formula is C17H27N5O15P2S. The number of phosphoric ester groups is 1. The molecule has 2 aromatic heterocycles. The first-order valence-corrected chi connectivity index (χ1v) is 15.5. The van der Waals surface area contributed by atoms with Crippen LogP contribution in [0.4, 0.5) is 5.82 Å². The standard InChI is InChI=1S/C17H27N5O15P2S/c18-14-7-15(20-3-19-14)22(4-21-7)16-11(28)8(25)6(34-16)2-33-39(32,40)37-38(30,31)36-17-12(29)9(26)10(27)13(35-17)5(24)1-23/h3-6,8-13,16-17,23-29H,1-2H2,(H,30,31)(H,32,40)(H2,18,19,20)/t5-,6-,8-,9+,10+,11-,12+,13?,16-,17+,39?/m1/s1. The smallest absolute Gasteiger partial charge is 0.394 e. The van der Waals surface area contributed by atoms with Crippen LogP contribution in [0.25, 0.3) is 11.2 Å². The van der Waals surface area contributed by atoms with E-state index in [1.54, 1.807) is 0 Å². The van der Waals surface area contributed by atoms with Gasteiger partial charge in [-0.3, -0.25) is 13.6 Å². The van der Waals surface area contributed by atoms with E-state index in [1.807, 2.05) is 0 Å². The van der Waals surface area contributed by atoms with Crippen LogP contribution < -0.4 is 5.73 Å². The van der Waals surface area contributed by atoms with Gasteiger partial charge in [-0.25, -0.2) is 24.1 Å². The van der Waals surface area contributed by atoms with Gasteiger partial charge in [-0.05, 0) is 0 Å². The second-order valence-corrected chi connectivity index (χ2v) is 13.2. The van der Waals surface area contributed by atoms with Gasteiger partial charge in [0.1, 0.15) is 60.7 Å². The van der Waals surface area contributed by atoms with Crippen LogP contribution in [0.15, 0.2) is 12.7 Å². The van der Waals surface area contributed by atoms with E-state index in [9.17, 15) is 44.7 Å². The number of nitrogens with zero attached hydrogens (tertiary/aromatic N) is 4. The zero-order chi connectivity index (χ0) is 29.6. The Balaban J connectivity index is 1.38. The molecule has 0 spiro atoms. The van der Waals surface area contributed by atoms with Crippen molar-refractivity contribution in [2.24, 2.45) is 0 Å². The zero-order valence-electron chi connectivity index (χ0n) is 20.0. The number of hydrogen-bond acceptors (Lipinski definition) is 18. The predicted octanol–water partition coefficient (Wildman–Crippen LogP) is -3.62. The van der Waals surface area contributed by atoms with Gasteiger partial charge >= 0.3 is 14.6 Å². The number of imidazole rings is 1. The summed E-state index contributed by atoms with van der Waals surface area (Å²) in [4.78, 5) is 21.9. The molecule has 12 atom stereocenters. The van der Waals surface area contributed by atoms with Crippen molar-refractivity contribution in [2.45, 2.75) is 61.3 Å². The number of aliphatic hydroxyl groups excluding tert-OH is 7. The number of ether oxygens (including phenoxy) is 2. The molecule has 40 heavy (non-hydrogen) atoms. The molecule has 226 valence electrons. The molecule has 0 radical (unpaired) electrons. The Bertz CT molecular complexity index is 1290. The first kappa shape index (κ1) is 31.6. The minimum Gasteiger partial charge on any atom is -0.394 e. The van der Waals surface area contributed by atoms with Gasteiger partial charge in [-0.1, -0.05) is 12.2 Å². The summed E-state index contributed by atoms with van der Waals surface area (Å²) in [5, 5.41) is 69.5. The molecule has 2 saturated heterocycles. The molecule has 23 heteroatoms. The number of nitrogens with two attached hydrogens (primary N) is 1. The summed E-state index contributed by atoms with van der Waals surface area (Å²) in [5.74, 6) is 0.0532. The third-order valence-corrected chi connectivity index (χ3v) is 9.62. The van der Waals surface area contributed by atoms with Crippen LogP contribution in [0.3, 0.4) is 0 Å². The number of thiol groups is 1. The van der Waals surface area contributed by atoms with Gasteiger partial charge < -0.3 is 55.8 Å². The summed E-state index contributed by atoms with van der Waals surface area (Å²) >= 11 is 3.57. The topological polar surface area (TPSA) is 312 Å². The van der Waals surface area contributed by atoms with Crippen LogP contribution in [0.1, 0.15) is 6.23 Å². The maximum Gasteiger partial charge on any atom is 0.482 e. The fourth-order valence-electron chi connectivity index (χ4n) is 4.01. The normalized spacial score (nSPS) is 36.8. The predicted molar refractivity (Wildman–Crippen MR) is 130 cm³/mol. The molecule has 4 heterocycles. The maximum atomic E-state index is 12.7. The fraction of sp³-hybridized carbons (Fsp3) is 0.706. The molecule has 0 aliphatic carbocycles. The number of fused-ring (bicyclic) bond motifs is 1. The minimum atomic E-state index is -5.48. The van der Waals surface area contributed by atoms with Crippen molar-refractivity contribution in [3.8, 4) is 0 Å². The van der Waals surface area contributed by atoms with E-state index >= 15 is 0 Å². The summed E-state index contributed by atoms with van der Waals surface area (Å²) in [6.45, 7) is -6.55. The number of aromatic nitrogens is 4. The summed E-state index contributed by atoms with van der Waals surface area (Å²) < 4.78 is 50.9. The highest BCUT2D eigenvalue weighted by atomic mass is 32.7. The summed E-state index contributed by atoms with van der Waals surface area (Å²) in [6.07, 6.45) is -15.3. The van der Waals surface area contributed by atoms with Crippen LogP contribution in [0, 0.1) is 0 Å². The Morgan fingerprint density at radius 1 is 1.05 bits per heavy atom. The summed E-state index contributed by atoms with van der Waals surface area (Å²) in [6, 6.07) is 0. The van der Waals surface area contributed by atoms with Crippen molar-refractivity contribution in [1.29, 1.82) is 0 Å². The van der Waals surface area contributed by atoms with E-state index in [-0.39, 0.29) is 17.0 Å². The van der Waals surface area contributed by atoms with E-state index in [1.165, 1.54) is 10.9 Å². The maximum absolute atomic E-state index is 12.7. The van der Waals surface area contributed by atoms with E-state index in [2.05, 4.69) is 36.0 Å². The first-order chi connectivity index (χ1) is 18.7. The highest BCUT2D eigenvalue weighted by molar-refractivity contribution is 8.45. The van der Waals surface area contributed by atoms with Crippen LogP contribution in [-0.2, 0) is 32.0 Å². The van der Waals surface area contributed by atoms with Gasteiger partial charge in [-0.2, -0.15) is 4.31 Å². The highest BCUT2D eigenvalue weighted by Crippen LogP contribution is 2.66. The van der Waals surface area contributed by atoms with Gasteiger partial charge in [0, 0.05) is 0 Å². The number of anilines is 1. The molecule has 4 rings (SSSR count). The lowest BCUT2D eigenvalue weighted by atomic mass is 9.96. The Hall–Kier alpha value is -1.36. The van der Waals surface area contributed by atoms with Crippen LogP contribution in [0.5, 0.6) is 0 Å². The molecule has 3 unspecified atom stereocenters. The lowest BCUT2D eigenvalue weighted by Crippen LogP contribution is -2.61. The Labute approximate surface area is 229 Å². The summed E-state index contributed by atoms with van der Waals surface area (Å²) in [5.41, 5.74) is 6.11. The summed E-state index contributed by atoms with van der Waals surface area (Å²) in [7, 11) is -5.48. The van der Waals surface area contributed by atoms with Gasteiger partial charge in [0.05, 0.1) is 19.5 Å². The molecule has 0 bridgehead atoms. The molecule has 0 aromatic carbocycles. The molecule has 2 fully saturated rings. The van der Waals surface area contributed by atoms with Crippen molar-refractivity contribution >= 4 is 43.9 Å². The Kier molecular flexibility index (Phi) is 9.55. The largest absolute Gasteiger partial charge is 0.482 e. The van der Waals surface area contributed by atoms with Gasteiger partial charge in [0.25, 0.3) is 0 Å². The first-order valence-electron chi connectivity index (χ1n) is 11.3. The van der Waals surface area contributed by atoms with E-state index < -0.39 is 89.2 Å². The van der Waals surface area contributed by atoms with E-state index in [0.29, 0.717) is 0 Å². The quantitative estimate of drug-likeness (QED) is 0.0889. The van der Waals surface area contributed by atoms with E-state index in [0.717, 1.165) is 6.33 Å². The monoisotopic (exact) mass is 635 g/mol. The molecule has 2 aliphatic rings. The van der Waals surface area contributed by atoms with Crippen molar-refractivity contribution in [3.05, 3.63) is 12.7 Å². The lowest BCUT2D eigenvalue weighted by Gasteiger charge is -2.41. The molecule has 20 nitrogen and oxygen atoms in total. The Morgan fingerprint density at radius 3 is 2.42 bits per heavy atom. The van der Waals surface area contributed by atoms with Gasteiger partial charge in [-0.15, -0.1) is 0 Å². The molecular weight excluding hydrogens is 608 g/mol. The molecule has 0 saturated carbocycles. The van der Waals surface area contributed by atoms with Crippen LogP contribution in [-0.4, -0.2) is 128 Å². The third kappa shape index (κ3) is 6.50. The lowest BCUT2D eigenvalue weighted by molar-refractivity contribution is -0.292. The molecule has 2 aromatic rings. The number of nitrogen functional groups attached to an aromatic ring is 1. The second-order valence-electron chi connectivity index (χ2n) is 8.74. The molecule has 10 N–H and O–H groups in total. The number of hydrogen-bond donors (Lipinski definition) is 10. The number of aliphatic hydroxyl groups is 7. The minimum absolute atomic E-state index is 0.0532. The van der Waals surface area contributed by atoms with Crippen molar-refractivity contribution in [3.63, 3.8) is 0 Å². The molecule has 2 aliphatic heterocycles. The highest BCUT2D eigenvalue weighted by Gasteiger charge is 2.50. The number of rotatable bonds is 10. The van der Waals surface area contributed by atoms with Crippen molar-refractivity contribution in [2.75, 3.05) is 18.9 Å². The van der Waals surface area contributed by atoms with Crippen LogP contribution in [0.2, 0.25) is 0 Å². The fourth-order valence-corrected chi connectivity index (χ4v) is 7.20. The zero-order valence-corrected chi connectivity index (χ0v) is 22.7. The average Bonchev–Trinajstić information content (AvgIpc) is 3.43. The Morgan fingerprint density at radius 2 is 1.75 bits per heavy atom. The second kappa shape index (κ2) is 12.1. The SMILES string of the molecule is Nc1ncnc2c1ncn2[C@@H]1O[C@H](COP(=O)(S)OP(=O)(O)O[C@@H]2OC([C@H](O)CO)[C@@H](O)[C@H](O)[C@@H]2O)[C@@H](O)[C@H]1O. The van der Waals surface area contributed by atoms with Gasteiger partial charge in [0.2, 0.25) is 0 Å². The van der Waals surface area contributed by atoms with Crippen molar-refractivity contribution < 1.29 is 72.6 Å². The van der Waals surface area contributed by atoms with Gasteiger partial charge in [0.15, 0.2) is 24.0 Å². The number of phosphoric acid groups is 1. The van der Waals surface area contributed by atoms with E-state index in [4.69, 9.17) is 24.8 Å². The van der Waals surface area contributed by atoms with Crippen molar-refractivity contribution in [1.82, 2.24) is 19.5 Å². The molecule has 0 amide bonds.